The second kappa shape index (κ2) is 7.07. The first-order valence-electron chi connectivity index (χ1n) is 7.91. The zero-order chi connectivity index (χ0) is 17.2. The van der Waals surface area contributed by atoms with E-state index in [0.29, 0.717) is 17.4 Å². The van der Waals surface area contributed by atoms with E-state index >= 15 is 0 Å². The van der Waals surface area contributed by atoms with E-state index in [4.69, 9.17) is 21.4 Å². The van der Waals surface area contributed by atoms with Crippen LogP contribution in [-0.2, 0) is 26.2 Å². The molecule has 0 saturated heterocycles. The Morgan fingerprint density at radius 1 is 1.32 bits per heavy atom. The highest BCUT2D eigenvalue weighted by atomic mass is 32.1. The molecule has 0 fully saturated rings. The van der Waals surface area contributed by atoms with Gasteiger partial charge in [0.15, 0.2) is 18.2 Å². The number of halogens is 1. The molecular formula is C17H16FN3O2S2. The monoisotopic (exact) mass is 377 g/mol. The topological polar surface area (TPSA) is 43.4 Å². The fraction of sp³-hybridized carbons (Fsp3) is 0.294. The molecule has 0 amide bonds. The predicted octanol–water partition coefficient (Wildman–Crippen LogP) is 4.00. The van der Waals surface area contributed by atoms with Crippen LogP contribution in [0.1, 0.15) is 16.3 Å². The molecule has 0 bridgehead atoms. The van der Waals surface area contributed by atoms with Crippen LogP contribution in [0.15, 0.2) is 40.1 Å². The van der Waals surface area contributed by atoms with Gasteiger partial charge < -0.3 is 9.15 Å². The Labute approximate surface area is 153 Å². The molecular weight excluding hydrogens is 361 g/mol. The molecule has 0 spiro atoms. The van der Waals surface area contributed by atoms with Gasteiger partial charge in [-0.15, -0.1) is 16.4 Å². The van der Waals surface area contributed by atoms with Crippen molar-refractivity contribution in [3.05, 3.63) is 62.7 Å². The molecule has 5 nitrogen and oxygen atoms in total. The van der Waals surface area contributed by atoms with Gasteiger partial charge in [-0.1, -0.05) is 12.1 Å². The summed E-state index contributed by atoms with van der Waals surface area (Å²) in [6, 6.07) is 8.40. The second-order valence-corrected chi connectivity index (χ2v) is 7.14. The second-order valence-electron chi connectivity index (χ2n) is 5.79. The maximum absolute atomic E-state index is 13.6. The van der Waals surface area contributed by atoms with Gasteiger partial charge in [0.25, 0.3) is 10.7 Å². The standard InChI is InChI=1S/C17H16FN3O2S2/c18-13-3-1-2-4-14(13)22-10-16-19-21(17(24)23-16)11-20-7-5-15-12(9-20)6-8-25-15/h1-4,6,8H,5,7,9-11H2. The molecule has 1 aliphatic heterocycles. The molecule has 1 aliphatic rings. The molecule has 2 aromatic heterocycles. The van der Waals surface area contributed by atoms with Crippen LogP contribution in [0.3, 0.4) is 0 Å². The minimum Gasteiger partial charge on any atom is -0.481 e. The molecule has 1 aromatic carbocycles. The van der Waals surface area contributed by atoms with Crippen molar-refractivity contribution >= 4 is 23.6 Å². The van der Waals surface area contributed by atoms with Crippen LogP contribution in [0.4, 0.5) is 4.39 Å². The SMILES string of the molecule is Fc1ccccc1OCc1nn(CN2CCc3sccc3C2)c(=S)o1. The van der Waals surface area contributed by atoms with Gasteiger partial charge in [-0.2, -0.15) is 0 Å². The molecule has 0 atom stereocenters. The average molecular weight is 377 g/mol. The molecule has 25 heavy (non-hydrogen) atoms. The molecule has 8 heteroatoms. The first kappa shape index (κ1) is 16.4. The van der Waals surface area contributed by atoms with E-state index in [0.717, 1.165) is 19.5 Å². The van der Waals surface area contributed by atoms with Crippen LogP contribution in [0, 0.1) is 10.7 Å². The fourth-order valence-corrected chi connectivity index (χ4v) is 3.90. The molecule has 3 heterocycles. The Hall–Kier alpha value is -2.03. The normalized spacial score (nSPS) is 14.4. The lowest BCUT2D eigenvalue weighted by molar-refractivity contribution is 0.187. The number of nitrogens with zero attached hydrogens (tertiary/aromatic N) is 3. The summed E-state index contributed by atoms with van der Waals surface area (Å²) in [6.45, 7) is 2.45. The van der Waals surface area contributed by atoms with E-state index in [9.17, 15) is 4.39 Å². The number of aromatic nitrogens is 2. The molecule has 0 unspecified atom stereocenters. The zero-order valence-corrected chi connectivity index (χ0v) is 15.0. The number of fused-ring (bicyclic) bond motifs is 1. The van der Waals surface area contributed by atoms with Crippen LogP contribution in [-0.4, -0.2) is 21.2 Å². The van der Waals surface area contributed by atoms with E-state index in [1.165, 1.54) is 16.5 Å². The molecule has 4 rings (SSSR count). The number of thiophene rings is 1. The Balaban J connectivity index is 1.41. The van der Waals surface area contributed by atoms with Crippen LogP contribution in [0.2, 0.25) is 0 Å². The van der Waals surface area contributed by atoms with Gasteiger partial charge in [-0.25, -0.2) is 9.07 Å². The highest BCUT2D eigenvalue weighted by Gasteiger charge is 2.18. The number of ether oxygens (including phenoxy) is 1. The van der Waals surface area contributed by atoms with Crippen molar-refractivity contribution in [2.45, 2.75) is 26.2 Å². The van der Waals surface area contributed by atoms with E-state index < -0.39 is 5.82 Å². The summed E-state index contributed by atoms with van der Waals surface area (Å²) >= 11 is 7.05. The third-order valence-corrected chi connectivity index (χ3v) is 5.37. The van der Waals surface area contributed by atoms with Gasteiger partial charge in [-0.05, 0) is 47.8 Å². The van der Waals surface area contributed by atoms with E-state index in [2.05, 4.69) is 21.4 Å². The first-order chi connectivity index (χ1) is 12.2. The number of hydrogen-bond acceptors (Lipinski definition) is 6. The summed E-state index contributed by atoms with van der Waals surface area (Å²) in [5.74, 6) is 0.0843. The summed E-state index contributed by atoms with van der Waals surface area (Å²) in [7, 11) is 0. The number of rotatable bonds is 5. The lowest BCUT2D eigenvalue weighted by atomic mass is 10.1. The van der Waals surface area contributed by atoms with Gasteiger partial charge >= 0.3 is 0 Å². The van der Waals surface area contributed by atoms with Gasteiger partial charge in [0, 0.05) is 18.0 Å². The van der Waals surface area contributed by atoms with Crippen molar-refractivity contribution in [1.82, 2.24) is 14.7 Å². The third kappa shape index (κ3) is 3.65. The molecule has 0 radical (unpaired) electrons. The largest absolute Gasteiger partial charge is 0.481 e. The number of benzene rings is 1. The molecule has 130 valence electrons. The first-order valence-corrected chi connectivity index (χ1v) is 9.19. The summed E-state index contributed by atoms with van der Waals surface area (Å²) in [4.78, 5) is 4.02. The summed E-state index contributed by atoms with van der Waals surface area (Å²) < 4.78 is 26.1. The lowest BCUT2D eigenvalue weighted by Gasteiger charge is -2.26. The minimum atomic E-state index is -0.416. The maximum Gasteiger partial charge on any atom is 0.288 e. The van der Waals surface area contributed by atoms with Crippen LogP contribution >= 0.6 is 23.6 Å². The van der Waals surface area contributed by atoms with Crippen LogP contribution < -0.4 is 4.74 Å². The Kier molecular flexibility index (Phi) is 4.65. The highest BCUT2D eigenvalue weighted by molar-refractivity contribution is 7.71. The molecule has 0 saturated carbocycles. The molecule has 0 N–H and O–H groups in total. The summed E-state index contributed by atoms with van der Waals surface area (Å²) in [6.07, 6.45) is 1.04. The van der Waals surface area contributed by atoms with Gasteiger partial charge in [0.05, 0.1) is 6.67 Å². The van der Waals surface area contributed by atoms with E-state index in [1.807, 2.05) is 11.3 Å². The summed E-state index contributed by atoms with van der Waals surface area (Å²) in [5, 5.41) is 6.48. The van der Waals surface area contributed by atoms with Crippen LogP contribution in [0.25, 0.3) is 0 Å². The Morgan fingerprint density at radius 3 is 3.08 bits per heavy atom. The van der Waals surface area contributed by atoms with Gasteiger partial charge in [0.1, 0.15) is 0 Å². The van der Waals surface area contributed by atoms with Crippen molar-refractivity contribution in [1.29, 1.82) is 0 Å². The number of hydrogen-bond donors (Lipinski definition) is 0. The van der Waals surface area contributed by atoms with Crippen molar-refractivity contribution in [3.63, 3.8) is 0 Å². The third-order valence-electron chi connectivity index (χ3n) is 4.06. The minimum absolute atomic E-state index is 0.0340. The van der Waals surface area contributed by atoms with Crippen molar-refractivity contribution in [2.75, 3.05) is 6.54 Å². The van der Waals surface area contributed by atoms with Crippen molar-refractivity contribution in [2.24, 2.45) is 0 Å². The average Bonchev–Trinajstić information content (AvgIpc) is 3.21. The maximum atomic E-state index is 13.6. The summed E-state index contributed by atoms with van der Waals surface area (Å²) in [5.41, 5.74) is 1.37. The lowest BCUT2D eigenvalue weighted by Crippen LogP contribution is -2.32. The van der Waals surface area contributed by atoms with Gasteiger partial charge in [-0.3, -0.25) is 4.90 Å². The Morgan fingerprint density at radius 2 is 2.20 bits per heavy atom. The zero-order valence-electron chi connectivity index (χ0n) is 13.4. The smallest absolute Gasteiger partial charge is 0.288 e. The van der Waals surface area contributed by atoms with Crippen LogP contribution in [0.5, 0.6) is 5.75 Å². The Bertz CT molecular complexity index is 934. The molecule has 3 aromatic rings. The van der Waals surface area contributed by atoms with Crippen molar-refractivity contribution < 1.29 is 13.5 Å². The quantitative estimate of drug-likeness (QED) is 0.629. The van der Waals surface area contributed by atoms with E-state index in [-0.39, 0.29) is 12.4 Å². The predicted molar refractivity (Wildman–Crippen MR) is 94.5 cm³/mol. The molecule has 0 aliphatic carbocycles. The number of para-hydroxylation sites is 1. The van der Waals surface area contributed by atoms with Gasteiger partial charge in [0.2, 0.25) is 0 Å². The van der Waals surface area contributed by atoms with E-state index in [1.54, 1.807) is 22.9 Å². The van der Waals surface area contributed by atoms with Crippen molar-refractivity contribution in [3.8, 4) is 5.75 Å². The highest BCUT2D eigenvalue weighted by Crippen LogP contribution is 2.24. The fourth-order valence-electron chi connectivity index (χ4n) is 2.82.